The summed E-state index contributed by atoms with van der Waals surface area (Å²) in [4.78, 5) is 28.7. The fourth-order valence-electron chi connectivity index (χ4n) is 3.31. The van der Waals surface area contributed by atoms with Crippen LogP contribution in [0.3, 0.4) is 0 Å². The number of rotatable bonds is 4. The zero-order chi connectivity index (χ0) is 14.8. The van der Waals surface area contributed by atoms with Gasteiger partial charge in [0.25, 0.3) is 0 Å². The Hall–Kier alpha value is -1.10. The van der Waals surface area contributed by atoms with Crippen molar-refractivity contribution in [2.75, 3.05) is 32.7 Å². The number of piperazine rings is 1. The van der Waals surface area contributed by atoms with E-state index in [9.17, 15) is 9.59 Å². The lowest BCUT2D eigenvalue weighted by atomic mass is 9.98. The summed E-state index contributed by atoms with van der Waals surface area (Å²) in [6, 6.07) is -0.302. The highest BCUT2D eigenvalue weighted by Gasteiger charge is 2.34. The smallest absolute Gasteiger partial charge is 0.240 e. The van der Waals surface area contributed by atoms with Gasteiger partial charge < -0.3 is 15.1 Å². The van der Waals surface area contributed by atoms with E-state index in [1.54, 1.807) is 0 Å². The first-order valence-electron chi connectivity index (χ1n) is 8.43. The van der Waals surface area contributed by atoms with Gasteiger partial charge in [-0.15, -0.1) is 0 Å². The van der Waals surface area contributed by atoms with E-state index in [2.05, 4.69) is 12.2 Å². The van der Waals surface area contributed by atoms with Crippen LogP contribution in [0.5, 0.6) is 0 Å². The predicted molar refractivity (Wildman–Crippen MR) is 80.7 cm³/mol. The van der Waals surface area contributed by atoms with Crippen LogP contribution in [0.1, 0.15) is 39.0 Å². The Kier molecular flexibility index (Phi) is 4.48. The van der Waals surface area contributed by atoms with Crippen LogP contribution in [0, 0.1) is 11.8 Å². The molecule has 0 aromatic heterocycles. The molecule has 0 radical (unpaired) electrons. The van der Waals surface area contributed by atoms with Crippen LogP contribution >= 0.6 is 0 Å². The lowest BCUT2D eigenvalue weighted by molar-refractivity contribution is -0.141. The lowest BCUT2D eigenvalue weighted by Crippen LogP contribution is -2.57. The van der Waals surface area contributed by atoms with Crippen LogP contribution < -0.4 is 5.32 Å². The van der Waals surface area contributed by atoms with Crippen molar-refractivity contribution in [2.45, 2.75) is 45.1 Å². The molecule has 3 rings (SSSR count). The molecule has 0 bridgehead atoms. The van der Waals surface area contributed by atoms with Gasteiger partial charge >= 0.3 is 0 Å². The average molecular weight is 293 g/mol. The molecule has 2 saturated heterocycles. The van der Waals surface area contributed by atoms with E-state index < -0.39 is 0 Å². The van der Waals surface area contributed by atoms with Crippen molar-refractivity contribution < 1.29 is 9.59 Å². The van der Waals surface area contributed by atoms with Crippen molar-refractivity contribution in [3.05, 3.63) is 0 Å². The number of piperidine rings is 1. The van der Waals surface area contributed by atoms with Gasteiger partial charge in [-0.2, -0.15) is 0 Å². The highest BCUT2D eigenvalue weighted by molar-refractivity contribution is 5.89. The first-order chi connectivity index (χ1) is 10.1. The molecule has 2 amide bonds. The Bertz CT molecular complexity index is 400. The van der Waals surface area contributed by atoms with Crippen LogP contribution in [-0.2, 0) is 9.59 Å². The van der Waals surface area contributed by atoms with Gasteiger partial charge in [0, 0.05) is 32.7 Å². The molecule has 0 aromatic carbocycles. The number of carbonyl (C=O) groups excluding carboxylic acids is 2. The lowest BCUT2D eigenvalue weighted by Gasteiger charge is -2.35. The molecular weight excluding hydrogens is 266 g/mol. The van der Waals surface area contributed by atoms with E-state index in [1.165, 1.54) is 12.8 Å². The third-order valence-corrected chi connectivity index (χ3v) is 5.07. The fourth-order valence-corrected chi connectivity index (χ4v) is 3.31. The Labute approximate surface area is 127 Å². The molecule has 1 aliphatic carbocycles. The highest BCUT2D eigenvalue weighted by atomic mass is 16.2. The first-order valence-corrected chi connectivity index (χ1v) is 8.43. The highest BCUT2D eigenvalue weighted by Crippen LogP contribution is 2.30. The standard InChI is InChI=1S/C16H27N3O2/c1-12-4-7-18(8-5-12)15(20)10-14-16(21)19(9-6-17-14)11-13-2-3-13/h12-14,17H,2-11H2,1H3. The molecular formula is C16H27N3O2. The molecule has 0 aromatic rings. The van der Waals surface area contributed by atoms with Crippen molar-refractivity contribution in [1.82, 2.24) is 15.1 Å². The van der Waals surface area contributed by atoms with Gasteiger partial charge in [-0.3, -0.25) is 9.59 Å². The third-order valence-electron chi connectivity index (χ3n) is 5.07. The van der Waals surface area contributed by atoms with Gasteiger partial charge in [-0.25, -0.2) is 0 Å². The zero-order valence-electron chi connectivity index (χ0n) is 13.0. The van der Waals surface area contributed by atoms with E-state index in [0.29, 0.717) is 12.3 Å². The van der Waals surface area contributed by atoms with E-state index in [1.807, 2.05) is 9.80 Å². The Morgan fingerprint density at radius 1 is 1.19 bits per heavy atom. The Balaban J connectivity index is 1.51. The maximum absolute atomic E-state index is 12.5. The number of hydrogen-bond donors (Lipinski definition) is 1. The molecule has 5 heteroatoms. The van der Waals surface area contributed by atoms with Gasteiger partial charge in [0.15, 0.2) is 0 Å². The molecule has 3 aliphatic rings. The van der Waals surface area contributed by atoms with Gasteiger partial charge in [-0.1, -0.05) is 6.92 Å². The van der Waals surface area contributed by atoms with Crippen molar-refractivity contribution >= 4 is 11.8 Å². The second-order valence-corrected chi connectivity index (χ2v) is 7.00. The molecule has 21 heavy (non-hydrogen) atoms. The molecule has 1 N–H and O–H groups in total. The topological polar surface area (TPSA) is 52.7 Å². The summed E-state index contributed by atoms with van der Waals surface area (Å²) in [5, 5.41) is 3.23. The van der Waals surface area contributed by atoms with Crippen molar-refractivity contribution in [3.63, 3.8) is 0 Å². The molecule has 5 nitrogen and oxygen atoms in total. The zero-order valence-corrected chi connectivity index (χ0v) is 13.0. The minimum Gasteiger partial charge on any atom is -0.343 e. The minimum atomic E-state index is -0.302. The van der Waals surface area contributed by atoms with E-state index in [-0.39, 0.29) is 17.9 Å². The molecule has 0 spiro atoms. The van der Waals surface area contributed by atoms with Crippen molar-refractivity contribution in [1.29, 1.82) is 0 Å². The molecule has 1 unspecified atom stereocenters. The van der Waals surface area contributed by atoms with Gasteiger partial charge in [0.2, 0.25) is 11.8 Å². The van der Waals surface area contributed by atoms with Gasteiger partial charge in [-0.05, 0) is 37.5 Å². The fraction of sp³-hybridized carbons (Fsp3) is 0.875. The summed E-state index contributed by atoms with van der Waals surface area (Å²) in [5.74, 6) is 1.71. The maximum Gasteiger partial charge on any atom is 0.240 e. The SMILES string of the molecule is CC1CCN(C(=O)CC2NCCN(CC3CC3)C2=O)CC1. The summed E-state index contributed by atoms with van der Waals surface area (Å²) in [6.07, 6.45) is 5.02. The number of hydrogen-bond acceptors (Lipinski definition) is 3. The summed E-state index contributed by atoms with van der Waals surface area (Å²) < 4.78 is 0. The van der Waals surface area contributed by atoms with Crippen LogP contribution in [0.4, 0.5) is 0 Å². The average Bonchev–Trinajstić information content (AvgIpc) is 3.28. The molecule has 118 valence electrons. The van der Waals surface area contributed by atoms with Gasteiger partial charge in [0.1, 0.15) is 0 Å². The number of carbonyl (C=O) groups is 2. The second kappa shape index (κ2) is 6.34. The molecule has 3 fully saturated rings. The molecule has 2 aliphatic heterocycles. The molecule has 1 atom stereocenters. The number of amides is 2. The van der Waals surface area contributed by atoms with Crippen molar-refractivity contribution in [3.8, 4) is 0 Å². The second-order valence-electron chi connectivity index (χ2n) is 7.00. The van der Waals surface area contributed by atoms with E-state index in [0.717, 1.165) is 51.5 Å². The normalized spacial score (nSPS) is 28.0. The van der Waals surface area contributed by atoms with Crippen molar-refractivity contribution in [2.24, 2.45) is 11.8 Å². The third kappa shape index (κ3) is 3.76. The first kappa shape index (κ1) is 14.8. The van der Waals surface area contributed by atoms with Crippen LogP contribution in [0.2, 0.25) is 0 Å². The summed E-state index contributed by atoms with van der Waals surface area (Å²) in [6.45, 7) is 6.45. The number of nitrogens with one attached hydrogen (secondary N) is 1. The molecule has 2 heterocycles. The van der Waals surface area contributed by atoms with E-state index in [4.69, 9.17) is 0 Å². The predicted octanol–water partition coefficient (Wildman–Crippen LogP) is 0.845. The Morgan fingerprint density at radius 3 is 2.57 bits per heavy atom. The van der Waals surface area contributed by atoms with Gasteiger partial charge in [0.05, 0.1) is 12.5 Å². The van der Waals surface area contributed by atoms with Crippen LogP contribution in [-0.4, -0.2) is 60.4 Å². The quantitative estimate of drug-likeness (QED) is 0.836. The largest absolute Gasteiger partial charge is 0.343 e. The monoisotopic (exact) mass is 293 g/mol. The summed E-state index contributed by atoms with van der Waals surface area (Å²) in [5.41, 5.74) is 0. The van der Waals surface area contributed by atoms with Crippen LogP contribution in [0.15, 0.2) is 0 Å². The summed E-state index contributed by atoms with van der Waals surface area (Å²) >= 11 is 0. The number of nitrogens with zero attached hydrogens (tertiary/aromatic N) is 2. The van der Waals surface area contributed by atoms with Crippen LogP contribution in [0.25, 0.3) is 0 Å². The molecule has 1 saturated carbocycles. The minimum absolute atomic E-state index is 0.131. The maximum atomic E-state index is 12.5. The van der Waals surface area contributed by atoms with E-state index >= 15 is 0 Å². The number of likely N-dealkylation sites (tertiary alicyclic amines) is 1. The Morgan fingerprint density at radius 2 is 1.90 bits per heavy atom. The summed E-state index contributed by atoms with van der Waals surface area (Å²) in [7, 11) is 0.